The topological polar surface area (TPSA) is 95.3 Å². The highest BCUT2D eigenvalue weighted by atomic mass is 35.5. The van der Waals surface area contributed by atoms with E-state index in [2.05, 4.69) is 15.5 Å². The SMILES string of the molecule is CCOc1ccc(-c2nnc(SCC(=O)Nc3scc(-c4ccc(Cl)cc4)c3C(=O)OC)n2C)cc1. The number of nitrogens with one attached hydrogen (secondary N) is 1. The summed E-state index contributed by atoms with van der Waals surface area (Å²) in [5.74, 6) is 0.746. The summed E-state index contributed by atoms with van der Waals surface area (Å²) in [6.45, 7) is 2.53. The van der Waals surface area contributed by atoms with Crippen LogP contribution in [0, 0.1) is 0 Å². The van der Waals surface area contributed by atoms with Crippen LogP contribution >= 0.6 is 34.7 Å². The minimum absolute atomic E-state index is 0.0873. The smallest absolute Gasteiger partial charge is 0.341 e. The standard InChI is InChI=1S/C25H23ClN4O4S2/c1-4-34-18-11-7-16(8-12-18)22-28-29-25(30(22)2)36-14-20(31)27-23-21(24(32)33-3)19(13-35-23)15-5-9-17(26)10-6-15/h5-13H,4,14H2,1-3H3,(H,27,31). The number of benzene rings is 2. The molecule has 0 radical (unpaired) electrons. The van der Waals surface area contributed by atoms with Crippen molar-refractivity contribution >= 4 is 51.6 Å². The molecule has 8 nitrogen and oxygen atoms in total. The van der Waals surface area contributed by atoms with Crippen LogP contribution in [0.1, 0.15) is 17.3 Å². The number of esters is 1. The number of rotatable bonds is 9. The summed E-state index contributed by atoms with van der Waals surface area (Å²) in [5.41, 5.74) is 2.66. The lowest BCUT2D eigenvalue weighted by molar-refractivity contribution is -0.113. The van der Waals surface area contributed by atoms with Crippen molar-refractivity contribution in [2.45, 2.75) is 12.1 Å². The Hall–Kier alpha value is -3.34. The number of ether oxygens (including phenoxy) is 2. The first-order valence-electron chi connectivity index (χ1n) is 10.9. The zero-order valence-corrected chi connectivity index (χ0v) is 22.2. The highest BCUT2D eigenvalue weighted by Crippen LogP contribution is 2.37. The molecule has 1 amide bonds. The minimum Gasteiger partial charge on any atom is -0.494 e. The van der Waals surface area contributed by atoms with E-state index in [4.69, 9.17) is 21.1 Å². The summed E-state index contributed by atoms with van der Waals surface area (Å²) in [6.07, 6.45) is 0. The summed E-state index contributed by atoms with van der Waals surface area (Å²) >= 11 is 8.50. The largest absolute Gasteiger partial charge is 0.494 e. The summed E-state index contributed by atoms with van der Waals surface area (Å²) in [6, 6.07) is 14.7. The molecule has 0 unspecified atom stereocenters. The Kier molecular flexibility index (Phi) is 8.29. The van der Waals surface area contributed by atoms with Crippen molar-refractivity contribution in [1.29, 1.82) is 0 Å². The van der Waals surface area contributed by atoms with E-state index >= 15 is 0 Å². The molecule has 0 atom stereocenters. The highest BCUT2D eigenvalue weighted by Gasteiger charge is 2.23. The summed E-state index contributed by atoms with van der Waals surface area (Å²) < 4.78 is 12.3. The van der Waals surface area contributed by atoms with Crippen molar-refractivity contribution in [1.82, 2.24) is 14.8 Å². The van der Waals surface area contributed by atoms with Gasteiger partial charge in [-0.15, -0.1) is 21.5 Å². The van der Waals surface area contributed by atoms with Crippen molar-refractivity contribution in [3.05, 3.63) is 64.5 Å². The monoisotopic (exact) mass is 542 g/mol. The molecule has 0 fully saturated rings. The molecule has 2 aromatic carbocycles. The van der Waals surface area contributed by atoms with E-state index in [0.717, 1.165) is 16.9 Å². The molecule has 4 rings (SSSR count). The number of thioether (sulfide) groups is 1. The van der Waals surface area contributed by atoms with Gasteiger partial charge in [0.2, 0.25) is 5.91 Å². The van der Waals surface area contributed by atoms with Crippen molar-refractivity contribution in [3.8, 4) is 28.3 Å². The van der Waals surface area contributed by atoms with Crippen LogP contribution in [0.3, 0.4) is 0 Å². The van der Waals surface area contributed by atoms with E-state index in [0.29, 0.717) is 38.7 Å². The van der Waals surface area contributed by atoms with Crippen LogP contribution in [-0.2, 0) is 16.6 Å². The number of anilines is 1. The number of halogens is 1. The number of aromatic nitrogens is 3. The molecule has 0 aliphatic rings. The lowest BCUT2D eigenvalue weighted by atomic mass is 10.0. The quantitative estimate of drug-likeness (QED) is 0.211. The maximum atomic E-state index is 12.8. The van der Waals surface area contributed by atoms with Crippen LogP contribution in [0.4, 0.5) is 5.00 Å². The molecule has 0 spiro atoms. The molecule has 0 saturated heterocycles. The third-order valence-corrected chi connectivity index (χ3v) is 7.35. The zero-order chi connectivity index (χ0) is 25.7. The normalized spacial score (nSPS) is 10.8. The predicted molar refractivity (Wildman–Crippen MR) is 143 cm³/mol. The van der Waals surface area contributed by atoms with Gasteiger partial charge in [0.05, 0.1) is 19.5 Å². The van der Waals surface area contributed by atoms with E-state index in [9.17, 15) is 9.59 Å². The maximum absolute atomic E-state index is 12.8. The van der Waals surface area contributed by atoms with E-state index < -0.39 is 5.97 Å². The van der Waals surface area contributed by atoms with E-state index in [1.165, 1.54) is 30.2 Å². The van der Waals surface area contributed by atoms with Crippen LogP contribution in [0.2, 0.25) is 5.02 Å². The van der Waals surface area contributed by atoms with Crippen LogP contribution < -0.4 is 10.1 Å². The molecule has 2 aromatic heterocycles. The Morgan fingerprint density at radius 1 is 1.08 bits per heavy atom. The zero-order valence-electron chi connectivity index (χ0n) is 19.8. The molecule has 0 bridgehead atoms. The van der Waals surface area contributed by atoms with Gasteiger partial charge in [-0.25, -0.2) is 4.79 Å². The first-order chi connectivity index (χ1) is 17.4. The second kappa shape index (κ2) is 11.6. The highest BCUT2D eigenvalue weighted by molar-refractivity contribution is 7.99. The number of thiophene rings is 1. The van der Waals surface area contributed by atoms with Gasteiger partial charge in [0.25, 0.3) is 0 Å². The van der Waals surface area contributed by atoms with Crippen LogP contribution in [0.25, 0.3) is 22.5 Å². The molecule has 186 valence electrons. The van der Waals surface area contributed by atoms with Crippen LogP contribution in [-0.4, -0.2) is 46.1 Å². The number of hydrogen-bond acceptors (Lipinski definition) is 8. The first-order valence-corrected chi connectivity index (χ1v) is 13.2. The number of carbonyl (C=O) groups excluding carboxylic acids is 2. The third-order valence-electron chi connectivity index (χ3n) is 5.18. The molecule has 4 aromatic rings. The number of nitrogens with zero attached hydrogens (tertiary/aromatic N) is 3. The Morgan fingerprint density at radius 2 is 1.78 bits per heavy atom. The van der Waals surface area contributed by atoms with Gasteiger partial charge >= 0.3 is 5.97 Å². The fourth-order valence-corrected chi connectivity index (χ4v) is 5.26. The molecule has 0 saturated carbocycles. The maximum Gasteiger partial charge on any atom is 0.341 e. The second-order valence-electron chi connectivity index (χ2n) is 7.51. The molecule has 0 aliphatic carbocycles. The Labute approximate surface area is 221 Å². The number of methoxy groups -OCH3 is 1. The molecule has 11 heteroatoms. The van der Waals surface area contributed by atoms with Crippen molar-refractivity contribution in [3.63, 3.8) is 0 Å². The van der Waals surface area contributed by atoms with Gasteiger partial charge in [-0.05, 0) is 48.9 Å². The average molecular weight is 543 g/mol. The third kappa shape index (κ3) is 5.72. The van der Waals surface area contributed by atoms with Gasteiger partial charge in [-0.1, -0.05) is 35.5 Å². The summed E-state index contributed by atoms with van der Waals surface area (Å²) in [4.78, 5) is 25.3. The predicted octanol–water partition coefficient (Wildman–Crippen LogP) is 5.78. The van der Waals surface area contributed by atoms with Gasteiger partial charge in [-0.2, -0.15) is 0 Å². The molecular weight excluding hydrogens is 520 g/mol. The number of amides is 1. The van der Waals surface area contributed by atoms with Gasteiger partial charge in [0.1, 0.15) is 16.3 Å². The van der Waals surface area contributed by atoms with Gasteiger partial charge in [-0.3, -0.25) is 4.79 Å². The number of carbonyl (C=O) groups is 2. The average Bonchev–Trinajstić information content (AvgIpc) is 3.46. The minimum atomic E-state index is -0.530. The Morgan fingerprint density at radius 3 is 2.44 bits per heavy atom. The van der Waals surface area contributed by atoms with E-state index in [1.54, 1.807) is 12.1 Å². The Balaban J connectivity index is 1.45. The van der Waals surface area contributed by atoms with Crippen molar-refractivity contribution < 1.29 is 19.1 Å². The Bertz CT molecular complexity index is 1370. The number of hydrogen-bond donors (Lipinski definition) is 1. The summed E-state index contributed by atoms with van der Waals surface area (Å²) in [5, 5.41) is 14.7. The molecule has 1 N–H and O–H groups in total. The molecule has 0 aliphatic heterocycles. The van der Waals surface area contributed by atoms with Crippen molar-refractivity contribution in [2.24, 2.45) is 7.05 Å². The fraction of sp³-hybridized carbons (Fsp3) is 0.200. The lowest BCUT2D eigenvalue weighted by Gasteiger charge is -2.08. The first kappa shape index (κ1) is 25.7. The summed E-state index contributed by atoms with van der Waals surface area (Å²) in [7, 11) is 3.15. The van der Waals surface area contributed by atoms with Crippen LogP contribution in [0.5, 0.6) is 5.75 Å². The van der Waals surface area contributed by atoms with Gasteiger partial charge in [0.15, 0.2) is 11.0 Å². The van der Waals surface area contributed by atoms with Gasteiger partial charge < -0.3 is 19.4 Å². The van der Waals surface area contributed by atoms with E-state index in [1.807, 2.05) is 60.3 Å². The van der Waals surface area contributed by atoms with Gasteiger partial charge in [0, 0.05) is 28.6 Å². The lowest BCUT2D eigenvalue weighted by Crippen LogP contribution is -2.16. The van der Waals surface area contributed by atoms with Crippen LogP contribution in [0.15, 0.2) is 59.1 Å². The molecule has 2 heterocycles. The molecule has 36 heavy (non-hydrogen) atoms. The second-order valence-corrected chi connectivity index (χ2v) is 9.77. The fourth-order valence-electron chi connectivity index (χ4n) is 3.45. The van der Waals surface area contributed by atoms with E-state index in [-0.39, 0.29) is 11.7 Å². The van der Waals surface area contributed by atoms with Crippen molar-refractivity contribution in [2.75, 3.05) is 24.8 Å². The molecular formula is C25H23ClN4O4S2.